The third kappa shape index (κ3) is 1.55. The Morgan fingerprint density at radius 2 is 2.14 bits per heavy atom. The predicted octanol–water partition coefficient (Wildman–Crippen LogP) is 4.30. The van der Waals surface area contributed by atoms with Gasteiger partial charge in [0.05, 0.1) is 4.70 Å². The minimum Gasteiger partial charge on any atom is -0.205 e. The van der Waals surface area contributed by atoms with Crippen molar-refractivity contribution in [3.8, 4) is 0 Å². The number of thiophene rings is 1. The lowest BCUT2D eigenvalue weighted by Crippen LogP contribution is -1.79. The molecule has 0 amide bonds. The summed E-state index contributed by atoms with van der Waals surface area (Å²) < 4.78 is 14.5. The van der Waals surface area contributed by atoms with E-state index in [0.717, 1.165) is 28.5 Å². The Labute approximate surface area is 87.4 Å². The highest BCUT2D eigenvalue weighted by Gasteiger charge is 2.07. The topological polar surface area (TPSA) is 0 Å². The zero-order valence-electron chi connectivity index (χ0n) is 8.43. The molecule has 0 nitrogen and oxygen atoms in total. The van der Waals surface area contributed by atoms with Crippen molar-refractivity contribution < 1.29 is 4.39 Å². The Morgan fingerprint density at radius 1 is 1.36 bits per heavy atom. The van der Waals surface area contributed by atoms with Crippen molar-refractivity contribution in [2.45, 2.75) is 26.7 Å². The minimum atomic E-state index is -0.0464. The second-order valence-corrected chi connectivity index (χ2v) is 4.71. The molecule has 1 aromatic heterocycles. The zero-order valence-corrected chi connectivity index (χ0v) is 9.25. The van der Waals surface area contributed by atoms with Crippen LogP contribution < -0.4 is 0 Å². The van der Waals surface area contributed by atoms with E-state index in [2.05, 4.69) is 13.0 Å². The van der Waals surface area contributed by atoms with Gasteiger partial charge in [0.15, 0.2) is 0 Å². The summed E-state index contributed by atoms with van der Waals surface area (Å²) in [4.78, 5) is 1.28. The average Bonchev–Trinajstić information content (AvgIpc) is 2.56. The van der Waals surface area contributed by atoms with Crippen molar-refractivity contribution >= 4 is 21.4 Å². The molecule has 0 unspecified atom stereocenters. The molecule has 0 radical (unpaired) electrons. The molecule has 0 N–H and O–H groups in total. The molecular weight excluding hydrogens is 195 g/mol. The first-order valence-electron chi connectivity index (χ1n) is 4.90. The summed E-state index contributed by atoms with van der Waals surface area (Å²) in [6.45, 7) is 3.96. The molecule has 0 bridgehead atoms. The zero-order chi connectivity index (χ0) is 10.1. The Morgan fingerprint density at radius 3 is 2.86 bits per heavy atom. The fraction of sp³-hybridized carbons (Fsp3) is 0.333. The van der Waals surface area contributed by atoms with Crippen LogP contribution in [0.2, 0.25) is 0 Å². The van der Waals surface area contributed by atoms with Gasteiger partial charge in [0.25, 0.3) is 0 Å². The number of benzene rings is 1. The third-order valence-electron chi connectivity index (χ3n) is 2.37. The van der Waals surface area contributed by atoms with E-state index in [1.54, 1.807) is 11.3 Å². The van der Waals surface area contributed by atoms with E-state index in [4.69, 9.17) is 0 Å². The fourth-order valence-corrected chi connectivity index (χ4v) is 2.84. The average molecular weight is 208 g/mol. The molecule has 0 saturated heterocycles. The summed E-state index contributed by atoms with van der Waals surface area (Å²) in [7, 11) is 0. The third-order valence-corrected chi connectivity index (χ3v) is 3.57. The van der Waals surface area contributed by atoms with Crippen molar-refractivity contribution in [1.82, 2.24) is 0 Å². The van der Waals surface area contributed by atoms with E-state index in [9.17, 15) is 4.39 Å². The van der Waals surface area contributed by atoms with Crippen LogP contribution in [0.15, 0.2) is 18.2 Å². The molecule has 0 fully saturated rings. The van der Waals surface area contributed by atoms with Crippen LogP contribution in [0.25, 0.3) is 10.1 Å². The maximum Gasteiger partial charge on any atom is 0.143 e. The number of rotatable bonds is 2. The van der Waals surface area contributed by atoms with E-state index in [0.29, 0.717) is 0 Å². The van der Waals surface area contributed by atoms with Crippen molar-refractivity contribution in [2.75, 3.05) is 0 Å². The van der Waals surface area contributed by atoms with E-state index >= 15 is 0 Å². The quantitative estimate of drug-likeness (QED) is 0.690. The fourth-order valence-electron chi connectivity index (χ4n) is 1.59. The number of aryl methyl sites for hydroxylation is 2. The molecule has 2 heteroatoms. The van der Waals surface area contributed by atoms with Gasteiger partial charge in [0.1, 0.15) is 5.82 Å². The number of halogens is 1. The van der Waals surface area contributed by atoms with Crippen LogP contribution in [0.3, 0.4) is 0 Å². The molecule has 0 aliphatic rings. The van der Waals surface area contributed by atoms with Crippen molar-refractivity contribution in [3.05, 3.63) is 34.5 Å². The molecule has 14 heavy (non-hydrogen) atoms. The second-order valence-electron chi connectivity index (χ2n) is 3.58. The molecule has 2 aromatic rings. The maximum absolute atomic E-state index is 13.7. The van der Waals surface area contributed by atoms with Crippen LogP contribution in [0.4, 0.5) is 4.39 Å². The summed E-state index contributed by atoms with van der Waals surface area (Å²) in [6.07, 6.45) is 2.17. The highest BCUT2D eigenvalue weighted by atomic mass is 32.1. The van der Waals surface area contributed by atoms with Crippen LogP contribution in [0.5, 0.6) is 0 Å². The van der Waals surface area contributed by atoms with Crippen LogP contribution in [-0.4, -0.2) is 0 Å². The van der Waals surface area contributed by atoms with Crippen LogP contribution >= 0.6 is 11.3 Å². The monoisotopic (exact) mass is 208 g/mol. The largest absolute Gasteiger partial charge is 0.205 e. The van der Waals surface area contributed by atoms with Gasteiger partial charge in [-0.2, -0.15) is 0 Å². The summed E-state index contributed by atoms with van der Waals surface area (Å²) >= 11 is 1.59. The van der Waals surface area contributed by atoms with Gasteiger partial charge < -0.3 is 0 Å². The molecule has 1 aromatic carbocycles. The van der Waals surface area contributed by atoms with Gasteiger partial charge in [-0.05, 0) is 30.4 Å². The lowest BCUT2D eigenvalue weighted by atomic mass is 10.1. The summed E-state index contributed by atoms with van der Waals surface area (Å²) in [6, 6.07) is 5.95. The first-order valence-corrected chi connectivity index (χ1v) is 5.71. The first-order chi connectivity index (χ1) is 6.72. The maximum atomic E-state index is 13.7. The molecule has 74 valence electrons. The van der Waals surface area contributed by atoms with Crippen molar-refractivity contribution in [3.63, 3.8) is 0 Å². The van der Waals surface area contributed by atoms with Gasteiger partial charge in [0, 0.05) is 4.88 Å². The van der Waals surface area contributed by atoms with Gasteiger partial charge in [-0.15, -0.1) is 11.3 Å². The summed E-state index contributed by atoms with van der Waals surface area (Å²) in [5.74, 6) is -0.0464. The smallest absolute Gasteiger partial charge is 0.143 e. The SMILES string of the molecule is CCCc1cc2ccc(C)c(F)c2s1. The van der Waals surface area contributed by atoms with Gasteiger partial charge >= 0.3 is 0 Å². The Kier molecular flexibility index (Phi) is 2.55. The molecule has 0 saturated carbocycles. The molecule has 2 rings (SSSR count). The second kappa shape index (κ2) is 3.70. The Hall–Kier alpha value is -0.890. The van der Waals surface area contributed by atoms with E-state index < -0.39 is 0 Å². The van der Waals surface area contributed by atoms with E-state index in [1.165, 1.54) is 4.88 Å². The lowest BCUT2D eigenvalue weighted by molar-refractivity contribution is 0.632. The molecule has 1 heterocycles. The van der Waals surface area contributed by atoms with Crippen LogP contribution in [0.1, 0.15) is 23.8 Å². The van der Waals surface area contributed by atoms with Crippen molar-refractivity contribution in [2.24, 2.45) is 0 Å². The Balaban J connectivity index is 2.59. The lowest BCUT2D eigenvalue weighted by Gasteiger charge is -1.95. The standard InChI is InChI=1S/C12H13FS/c1-3-4-10-7-9-6-5-8(2)11(13)12(9)14-10/h5-7H,3-4H2,1-2H3. The highest BCUT2D eigenvalue weighted by Crippen LogP contribution is 2.30. The van der Waals surface area contributed by atoms with Gasteiger partial charge in [-0.1, -0.05) is 25.5 Å². The van der Waals surface area contributed by atoms with Gasteiger partial charge in [-0.25, -0.2) is 4.39 Å². The molecule has 0 spiro atoms. The van der Waals surface area contributed by atoms with Gasteiger partial charge in [-0.3, -0.25) is 0 Å². The minimum absolute atomic E-state index is 0.0464. The van der Waals surface area contributed by atoms with Crippen LogP contribution in [-0.2, 0) is 6.42 Å². The highest BCUT2D eigenvalue weighted by molar-refractivity contribution is 7.19. The number of fused-ring (bicyclic) bond motifs is 1. The Bertz CT molecular complexity index is 457. The molecular formula is C12H13FS. The number of hydrogen-bond acceptors (Lipinski definition) is 1. The normalized spacial score (nSPS) is 11.1. The molecule has 0 atom stereocenters. The summed E-state index contributed by atoms with van der Waals surface area (Å²) in [5, 5.41) is 1.04. The van der Waals surface area contributed by atoms with E-state index in [-0.39, 0.29) is 5.82 Å². The van der Waals surface area contributed by atoms with Crippen molar-refractivity contribution in [1.29, 1.82) is 0 Å². The predicted molar refractivity (Wildman–Crippen MR) is 60.5 cm³/mol. The molecule has 0 aliphatic heterocycles. The van der Waals surface area contributed by atoms with E-state index in [1.807, 2.05) is 19.1 Å². The first kappa shape index (κ1) is 9.66. The van der Waals surface area contributed by atoms with Crippen LogP contribution in [0, 0.1) is 12.7 Å². The molecule has 0 aliphatic carbocycles. The summed E-state index contributed by atoms with van der Waals surface area (Å²) in [5.41, 5.74) is 0.738. The van der Waals surface area contributed by atoms with Gasteiger partial charge in [0.2, 0.25) is 0 Å². The number of hydrogen-bond donors (Lipinski definition) is 0.